The predicted octanol–water partition coefficient (Wildman–Crippen LogP) is -0.938. The molecule has 1 fully saturated rings. The highest BCUT2D eigenvalue weighted by Crippen LogP contribution is 2.27. The molecule has 0 aromatic carbocycles. The summed E-state index contributed by atoms with van der Waals surface area (Å²) in [4.78, 5) is 44.7. The molecule has 1 rings (SSSR count). The normalized spacial score (nSPS) is 29.3. The van der Waals surface area contributed by atoms with Crippen LogP contribution in [-0.2, 0) is 42.9 Å². The van der Waals surface area contributed by atoms with Crippen LogP contribution in [-0.4, -0.2) is 66.3 Å². The molecule has 0 aromatic rings. The Balaban J connectivity index is 3.07. The summed E-state index contributed by atoms with van der Waals surface area (Å²) < 4.78 is 25.0. The summed E-state index contributed by atoms with van der Waals surface area (Å²) in [6, 6.07) is 0. The number of rotatable bonds is 5. The van der Waals surface area contributed by atoms with Crippen molar-refractivity contribution in [3.63, 3.8) is 0 Å². The van der Waals surface area contributed by atoms with Gasteiger partial charge in [-0.05, 0) is 0 Å². The molecule has 5 atom stereocenters. The van der Waals surface area contributed by atoms with E-state index in [4.69, 9.17) is 23.7 Å². The second-order valence-electron chi connectivity index (χ2n) is 5.09. The molecule has 24 heavy (non-hydrogen) atoms. The van der Waals surface area contributed by atoms with Gasteiger partial charge in [0, 0.05) is 27.7 Å². The fourth-order valence-electron chi connectivity index (χ4n) is 2.13. The van der Waals surface area contributed by atoms with E-state index < -0.39 is 54.6 Å². The second-order valence-corrected chi connectivity index (χ2v) is 5.09. The summed E-state index contributed by atoms with van der Waals surface area (Å²) in [7, 11) is 0. The Kier molecular flexibility index (Phi) is 7.11. The fraction of sp³-hybridized carbons (Fsp3) is 0.714. The first kappa shape index (κ1) is 19.8. The maximum absolute atomic E-state index is 11.3. The minimum atomic E-state index is -1.48. The van der Waals surface area contributed by atoms with E-state index in [0.717, 1.165) is 27.7 Å². The van der Waals surface area contributed by atoms with Crippen LogP contribution in [0.3, 0.4) is 0 Å². The van der Waals surface area contributed by atoms with Gasteiger partial charge in [0.2, 0.25) is 12.4 Å². The van der Waals surface area contributed by atoms with E-state index in [2.05, 4.69) is 0 Å². The van der Waals surface area contributed by atoms with Crippen LogP contribution in [0.15, 0.2) is 0 Å². The first-order chi connectivity index (χ1) is 11.1. The number of aliphatic hydroxyl groups is 1. The highest BCUT2D eigenvalue weighted by atomic mass is 16.7. The van der Waals surface area contributed by atoms with Crippen molar-refractivity contribution in [3.05, 3.63) is 0 Å². The summed E-state index contributed by atoms with van der Waals surface area (Å²) in [6.45, 7) is 4.06. The molecule has 0 aromatic heterocycles. The molecular weight excluding hydrogens is 328 g/mol. The van der Waals surface area contributed by atoms with E-state index in [1.54, 1.807) is 0 Å². The van der Waals surface area contributed by atoms with Gasteiger partial charge < -0.3 is 28.8 Å². The van der Waals surface area contributed by atoms with Gasteiger partial charge in [0.1, 0.15) is 18.8 Å². The number of esters is 4. The van der Waals surface area contributed by atoms with Gasteiger partial charge in [-0.3, -0.25) is 19.2 Å². The lowest BCUT2D eigenvalue weighted by Crippen LogP contribution is -2.62. The van der Waals surface area contributed by atoms with Crippen LogP contribution in [0.25, 0.3) is 0 Å². The lowest BCUT2D eigenvalue weighted by Gasteiger charge is -2.42. The molecule has 136 valence electrons. The van der Waals surface area contributed by atoms with Crippen LogP contribution in [0, 0.1) is 0 Å². The third-order valence-corrected chi connectivity index (χ3v) is 2.96. The second kappa shape index (κ2) is 8.60. The first-order valence-electron chi connectivity index (χ1n) is 7.10. The third-order valence-electron chi connectivity index (χ3n) is 2.96. The Hall–Kier alpha value is -2.20. The van der Waals surface area contributed by atoms with Gasteiger partial charge in [-0.2, -0.15) is 0 Å². The SMILES string of the molecule is CC(=O)OCC1OC(OC(C)=O)[C@@H](OC(C)=O)C(OC(C)=O)[C@H]1O. The number of ether oxygens (including phenoxy) is 5. The molecule has 0 saturated carbocycles. The number of hydrogen-bond donors (Lipinski definition) is 1. The average Bonchev–Trinajstić information content (AvgIpc) is 2.42. The third kappa shape index (κ3) is 5.78. The van der Waals surface area contributed by atoms with Gasteiger partial charge >= 0.3 is 23.9 Å². The molecule has 10 heteroatoms. The molecule has 0 aliphatic carbocycles. The summed E-state index contributed by atoms with van der Waals surface area (Å²) >= 11 is 0. The van der Waals surface area contributed by atoms with Crippen LogP contribution in [0.2, 0.25) is 0 Å². The number of carbonyl (C=O) groups is 4. The topological polar surface area (TPSA) is 135 Å². The zero-order valence-corrected chi connectivity index (χ0v) is 13.7. The standard InChI is InChI=1S/C14H20O10/c1-6(15)20-5-10-11(19)12(21-7(2)16)13(22-8(3)17)14(24-10)23-9(4)18/h10-14,19H,5H2,1-4H3/t10?,11-,12?,13-,14?/m0/s1. The molecule has 0 radical (unpaired) electrons. The molecule has 3 unspecified atom stereocenters. The molecule has 1 saturated heterocycles. The lowest BCUT2D eigenvalue weighted by atomic mass is 9.98. The summed E-state index contributed by atoms with van der Waals surface area (Å²) in [5.41, 5.74) is 0. The van der Waals surface area contributed by atoms with Crippen molar-refractivity contribution >= 4 is 23.9 Å². The van der Waals surface area contributed by atoms with E-state index in [0.29, 0.717) is 0 Å². The zero-order chi connectivity index (χ0) is 18.4. The molecular formula is C14H20O10. The van der Waals surface area contributed by atoms with E-state index in [1.807, 2.05) is 0 Å². The van der Waals surface area contributed by atoms with Crippen LogP contribution >= 0.6 is 0 Å². The van der Waals surface area contributed by atoms with Crippen molar-refractivity contribution in [1.82, 2.24) is 0 Å². The van der Waals surface area contributed by atoms with E-state index in [-0.39, 0.29) is 6.61 Å². The average molecular weight is 348 g/mol. The minimum absolute atomic E-state index is 0.376. The molecule has 0 spiro atoms. The van der Waals surface area contributed by atoms with Gasteiger partial charge in [0.15, 0.2) is 6.10 Å². The first-order valence-corrected chi connectivity index (χ1v) is 7.10. The van der Waals surface area contributed by atoms with E-state index >= 15 is 0 Å². The van der Waals surface area contributed by atoms with Gasteiger partial charge in [-0.25, -0.2) is 0 Å². The van der Waals surface area contributed by atoms with Crippen molar-refractivity contribution in [2.45, 2.75) is 58.4 Å². The predicted molar refractivity (Wildman–Crippen MR) is 74.2 cm³/mol. The minimum Gasteiger partial charge on any atom is -0.463 e. The highest BCUT2D eigenvalue weighted by Gasteiger charge is 2.51. The number of carbonyl (C=O) groups excluding carboxylic acids is 4. The molecule has 1 aliphatic rings. The van der Waals surface area contributed by atoms with Gasteiger partial charge in [0.25, 0.3) is 0 Å². The maximum atomic E-state index is 11.3. The number of aliphatic hydroxyl groups excluding tert-OH is 1. The van der Waals surface area contributed by atoms with Crippen LogP contribution < -0.4 is 0 Å². The van der Waals surface area contributed by atoms with E-state index in [9.17, 15) is 24.3 Å². The fourth-order valence-corrected chi connectivity index (χ4v) is 2.13. The largest absolute Gasteiger partial charge is 0.463 e. The zero-order valence-electron chi connectivity index (χ0n) is 13.7. The Morgan fingerprint density at radius 3 is 1.79 bits per heavy atom. The maximum Gasteiger partial charge on any atom is 0.305 e. The monoisotopic (exact) mass is 348 g/mol. The number of hydrogen-bond acceptors (Lipinski definition) is 10. The van der Waals surface area contributed by atoms with Crippen molar-refractivity contribution in [2.24, 2.45) is 0 Å². The summed E-state index contributed by atoms with van der Waals surface area (Å²) in [6.07, 6.45) is -6.83. The van der Waals surface area contributed by atoms with Crippen LogP contribution in [0.5, 0.6) is 0 Å². The van der Waals surface area contributed by atoms with Crippen molar-refractivity contribution in [2.75, 3.05) is 6.61 Å². The van der Waals surface area contributed by atoms with E-state index in [1.165, 1.54) is 0 Å². The van der Waals surface area contributed by atoms with Crippen molar-refractivity contribution in [1.29, 1.82) is 0 Å². The smallest absolute Gasteiger partial charge is 0.305 e. The van der Waals surface area contributed by atoms with Crippen molar-refractivity contribution < 1.29 is 48.0 Å². The molecule has 10 nitrogen and oxygen atoms in total. The quantitative estimate of drug-likeness (QED) is 0.490. The van der Waals surface area contributed by atoms with Crippen LogP contribution in [0.1, 0.15) is 27.7 Å². The van der Waals surface area contributed by atoms with Gasteiger partial charge in [0.05, 0.1) is 0 Å². The Morgan fingerprint density at radius 2 is 1.33 bits per heavy atom. The molecule has 0 amide bonds. The van der Waals surface area contributed by atoms with Crippen LogP contribution in [0.4, 0.5) is 0 Å². The summed E-state index contributed by atoms with van der Waals surface area (Å²) in [5.74, 6) is -2.89. The Labute approximate surface area is 137 Å². The lowest BCUT2D eigenvalue weighted by molar-refractivity contribution is -0.298. The highest BCUT2D eigenvalue weighted by molar-refractivity contribution is 5.68. The Bertz CT molecular complexity index is 502. The molecule has 1 heterocycles. The van der Waals surface area contributed by atoms with Crippen molar-refractivity contribution in [3.8, 4) is 0 Å². The van der Waals surface area contributed by atoms with Gasteiger partial charge in [-0.15, -0.1) is 0 Å². The van der Waals surface area contributed by atoms with Gasteiger partial charge in [-0.1, -0.05) is 0 Å². The summed E-state index contributed by atoms with van der Waals surface area (Å²) in [5, 5.41) is 10.3. The molecule has 1 N–H and O–H groups in total. The molecule has 0 bridgehead atoms. The Morgan fingerprint density at radius 1 is 0.833 bits per heavy atom. The molecule has 1 aliphatic heterocycles.